The summed E-state index contributed by atoms with van der Waals surface area (Å²) >= 11 is -2.01. The topological polar surface area (TPSA) is 111 Å². The van der Waals surface area contributed by atoms with E-state index in [9.17, 15) is 18.4 Å². The van der Waals surface area contributed by atoms with Gasteiger partial charge in [0.25, 0.3) is 0 Å². The van der Waals surface area contributed by atoms with E-state index in [0.29, 0.717) is 6.42 Å². The molecule has 6 unspecified atom stereocenters. The first-order chi connectivity index (χ1) is 9.97. The van der Waals surface area contributed by atoms with Crippen LogP contribution >= 0.6 is 0 Å². The van der Waals surface area contributed by atoms with Gasteiger partial charge in [-0.1, -0.05) is 6.58 Å². The van der Waals surface area contributed by atoms with E-state index >= 15 is 0 Å². The summed E-state index contributed by atoms with van der Waals surface area (Å²) in [7, 11) is 1.42. The number of methoxy groups -OCH3 is 1. The molecule has 0 aromatic rings. The number of esters is 1. The number of hydrogen-bond acceptors (Lipinski definition) is 6. The molecule has 0 radical (unpaired) electrons. The van der Waals surface area contributed by atoms with Crippen molar-refractivity contribution in [1.29, 1.82) is 0 Å². The van der Waals surface area contributed by atoms with Crippen molar-refractivity contribution in [3.05, 3.63) is 12.7 Å². The standard InChI is InChI=1S/C12H17NO7S/c1-3-8(14)13-5-9(15)20-10-6-4-7(21(16)17)11(19-6)12(10)18-2/h3,6-7,10-12H,1,4-5H2,2H3,(H,13,14)(H,16,17). The monoisotopic (exact) mass is 319 g/mol. The predicted octanol–water partition coefficient (Wildman–Crippen LogP) is -1.02. The van der Waals surface area contributed by atoms with Crippen molar-refractivity contribution < 1.29 is 32.6 Å². The highest BCUT2D eigenvalue weighted by molar-refractivity contribution is 7.80. The molecular formula is C12H17NO7S. The molecule has 0 saturated carbocycles. The lowest BCUT2D eigenvalue weighted by molar-refractivity contribution is -0.156. The summed E-state index contributed by atoms with van der Waals surface area (Å²) in [6, 6.07) is 0. The lowest BCUT2D eigenvalue weighted by Crippen LogP contribution is -2.49. The highest BCUT2D eigenvalue weighted by Crippen LogP contribution is 2.40. The second-order valence-corrected chi connectivity index (χ2v) is 5.92. The van der Waals surface area contributed by atoms with Crippen LogP contribution in [0.25, 0.3) is 0 Å². The molecule has 0 spiro atoms. The van der Waals surface area contributed by atoms with Crippen LogP contribution in [0.3, 0.4) is 0 Å². The molecule has 1 amide bonds. The third-order valence-electron chi connectivity index (χ3n) is 3.57. The number of rotatable bonds is 6. The minimum Gasteiger partial charge on any atom is -0.455 e. The van der Waals surface area contributed by atoms with Gasteiger partial charge < -0.3 is 24.1 Å². The molecule has 8 nitrogen and oxygen atoms in total. The van der Waals surface area contributed by atoms with Crippen LogP contribution in [0.15, 0.2) is 12.7 Å². The average molecular weight is 319 g/mol. The van der Waals surface area contributed by atoms with Crippen molar-refractivity contribution >= 4 is 23.0 Å². The maximum atomic E-state index is 11.7. The molecular weight excluding hydrogens is 302 g/mol. The minimum absolute atomic E-state index is 0.287. The molecule has 2 aliphatic rings. The van der Waals surface area contributed by atoms with Crippen LogP contribution < -0.4 is 5.32 Å². The number of hydrogen-bond donors (Lipinski definition) is 2. The zero-order valence-corrected chi connectivity index (χ0v) is 12.2. The molecule has 2 bridgehead atoms. The van der Waals surface area contributed by atoms with Crippen molar-refractivity contribution in [3.63, 3.8) is 0 Å². The summed E-state index contributed by atoms with van der Waals surface area (Å²) in [5, 5.41) is 1.76. The van der Waals surface area contributed by atoms with Crippen LogP contribution in [0.2, 0.25) is 0 Å². The summed E-state index contributed by atoms with van der Waals surface area (Å²) in [6.45, 7) is 2.98. The first-order valence-corrected chi connectivity index (χ1v) is 7.52. The molecule has 9 heteroatoms. The summed E-state index contributed by atoms with van der Waals surface area (Å²) in [5.74, 6) is -1.11. The molecule has 2 saturated heterocycles. The molecule has 2 N–H and O–H groups in total. The average Bonchev–Trinajstić information content (AvgIpc) is 3.02. The largest absolute Gasteiger partial charge is 0.455 e. The van der Waals surface area contributed by atoms with E-state index in [1.165, 1.54) is 7.11 Å². The summed E-state index contributed by atoms with van der Waals surface area (Å²) in [6.07, 6.45) is -0.916. The summed E-state index contributed by atoms with van der Waals surface area (Å²) < 4.78 is 36.4. The van der Waals surface area contributed by atoms with Gasteiger partial charge in [0, 0.05) is 7.11 Å². The third-order valence-corrected chi connectivity index (χ3v) is 4.55. The smallest absolute Gasteiger partial charge is 0.325 e. The SMILES string of the molecule is C=CC(=O)NCC(=O)OC1C2CC(S(=O)O)C(O2)C1OC. The number of amides is 1. The number of carbonyl (C=O) groups excluding carboxylic acids is 2. The lowest BCUT2D eigenvalue weighted by atomic mass is 9.94. The molecule has 2 heterocycles. The number of fused-ring (bicyclic) bond motifs is 2. The highest BCUT2D eigenvalue weighted by Gasteiger charge is 2.58. The molecule has 0 aromatic carbocycles. The molecule has 2 fully saturated rings. The van der Waals surface area contributed by atoms with E-state index < -0.39 is 52.6 Å². The normalized spacial score (nSPS) is 35.2. The third kappa shape index (κ3) is 3.31. The molecule has 0 aromatic heterocycles. The van der Waals surface area contributed by atoms with Gasteiger partial charge in [-0.25, -0.2) is 4.21 Å². The van der Waals surface area contributed by atoms with Gasteiger partial charge in [0.2, 0.25) is 5.91 Å². The van der Waals surface area contributed by atoms with Gasteiger partial charge >= 0.3 is 5.97 Å². The molecule has 21 heavy (non-hydrogen) atoms. The van der Waals surface area contributed by atoms with E-state index in [4.69, 9.17) is 14.2 Å². The van der Waals surface area contributed by atoms with Crippen molar-refractivity contribution in [2.75, 3.05) is 13.7 Å². The van der Waals surface area contributed by atoms with Gasteiger partial charge in [-0.2, -0.15) is 0 Å². The Morgan fingerprint density at radius 3 is 2.81 bits per heavy atom. The Kier molecular flexibility index (Phi) is 5.09. The second-order valence-electron chi connectivity index (χ2n) is 4.77. The Hall–Kier alpha value is -1.29. The van der Waals surface area contributed by atoms with E-state index in [-0.39, 0.29) is 6.54 Å². The Bertz CT molecular complexity index is 469. The van der Waals surface area contributed by atoms with Gasteiger partial charge in [0.05, 0.1) is 11.4 Å². The van der Waals surface area contributed by atoms with E-state index in [2.05, 4.69) is 11.9 Å². The molecule has 2 rings (SSSR count). The predicted molar refractivity (Wildman–Crippen MR) is 71.7 cm³/mol. The number of carbonyl (C=O) groups is 2. The Morgan fingerprint density at radius 1 is 1.52 bits per heavy atom. The fraction of sp³-hybridized carbons (Fsp3) is 0.667. The summed E-state index contributed by atoms with van der Waals surface area (Å²) in [5.41, 5.74) is 0. The fourth-order valence-electron chi connectivity index (χ4n) is 2.64. The first kappa shape index (κ1) is 16.1. The zero-order valence-electron chi connectivity index (χ0n) is 11.4. The van der Waals surface area contributed by atoms with Gasteiger partial charge in [0.15, 0.2) is 17.2 Å². The Labute approximate surface area is 124 Å². The van der Waals surface area contributed by atoms with Gasteiger partial charge in [-0.3, -0.25) is 9.59 Å². The fourth-order valence-corrected chi connectivity index (χ4v) is 3.44. The van der Waals surface area contributed by atoms with Gasteiger partial charge in [0.1, 0.15) is 18.8 Å². The van der Waals surface area contributed by atoms with Crippen LogP contribution in [-0.2, 0) is 34.9 Å². The van der Waals surface area contributed by atoms with Crippen LogP contribution in [0.4, 0.5) is 0 Å². The van der Waals surface area contributed by atoms with Crippen molar-refractivity contribution in [2.45, 2.75) is 36.1 Å². The quantitative estimate of drug-likeness (QED) is 0.366. The molecule has 2 aliphatic heterocycles. The van der Waals surface area contributed by atoms with Crippen LogP contribution in [0.5, 0.6) is 0 Å². The van der Waals surface area contributed by atoms with Crippen LogP contribution in [-0.4, -0.2) is 64.0 Å². The van der Waals surface area contributed by atoms with E-state index in [1.807, 2.05) is 0 Å². The van der Waals surface area contributed by atoms with Crippen molar-refractivity contribution in [3.8, 4) is 0 Å². The van der Waals surface area contributed by atoms with E-state index in [0.717, 1.165) is 6.08 Å². The number of ether oxygens (including phenoxy) is 3. The Morgan fingerprint density at radius 2 is 2.24 bits per heavy atom. The second kappa shape index (κ2) is 6.65. The maximum absolute atomic E-state index is 11.7. The number of nitrogens with one attached hydrogen (secondary N) is 1. The minimum atomic E-state index is -2.01. The highest BCUT2D eigenvalue weighted by atomic mass is 32.2. The molecule has 118 valence electrons. The van der Waals surface area contributed by atoms with Crippen molar-refractivity contribution in [2.24, 2.45) is 0 Å². The summed E-state index contributed by atoms with van der Waals surface area (Å²) in [4.78, 5) is 22.7. The van der Waals surface area contributed by atoms with Crippen LogP contribution in [0, 0.1) is 0 Å². The first-order valence-electron chi connectivity index (χ1n) is 6.35. The lowest BCUT2D eigenvalue weighted by Gasteiger charge is -2.29. The van der Waals surface area contributed by atoms with Gasteiger partial charge in [-0.15, -0.1) is 0 Å². The van der Waals surface area contributed by atoms with E-state index in [1.54, 1.807) is 0 Å². The van der Waals surface area contributed by atoms with Gasteiger partial charge in [-0.05, 0) is 12.5 Å². The maximum Gasteiger partial charge on any atom is 0.325 e. The molecule has 0 aliphatic carbocycles. The van der Waals surface area contributed by atoms with Crippen molar-refractivity contribution in [1.82, 2.24) is 5.32 Å². The Balaban J connectivity index is 1.93. The molecule has 6 atom stereocenters. The zero-order chi connectivity index (χ0) is 15.6. The van der Waals surface area contributed by atoms with Crippen LogP contribution in [0.1, 0.15) is 6.42 Å².